The van der Waals surface area contributed by atoms with Gasteiger partial charge in [-0.05, 0) is 65.1 Å². The summed E-state index contributed by atoms with van der Waals surface area (Å²) in [4.78, 5) is 26.8. The van der Waals surface area contributed by atoms with Gasteiger partial charge in [0.05, 0.1) is 5.56 Å². The molecular weight excluding hydrogens is 404 g/mol. The minimum atomic E-state index is -0.458. The van der Waals surface area contributed by atoms with E-state index in [4.69, 9.17) is 4.74 Å². The molecule has 1 fully saturated rings. The van der Waals surface area contributed by atoms with Gasteiger partial charge >= 0.3 is 6.09 Å². The zero-order valence-electron chi connectivity index (χ0n) is 19.9. The first kappa shape index (κ1) is 24.1. The van der Waals surface area contributed by atoms with E-state index in [2.05, 4.69) is 15.5 Å². The molecule has 1 aliphatic heterocycles. The quantitative estimate of drug-likeness (QED) is 0.577. The summed E-state index contributed by atoms with van der Waals surface area (Å²) in [5, 5.41) is 6.96. The minimum Gasteiger partial charge on any atom is -0.444 e. The molecular formula is C25H38N4O3. The highest BCUT2D eigenvalue weighted by molar-refractivity contribution is 6.06. The first-order valence-corrected chi connectivity index (χ1v) is 11.7. The van der Waals surface area contributed by atoms with Crippen LogP contribution in [0.5, 0.6) is 0 Å². The van der Waals surface area contributed by atoms with Crippen LogP contribution >= 0.6 is 0 Å². The summed E-state index contributed by atoms with van der Waals surface area (Å²) >= 11 is 0. The minimum absolute atomic E-state index is 0.00155. The van der Waals surface area contributed by atoms with Gasteiger partial charge in [0, 0.05) is 43.8 Å². The monoisotopic (exact) mass is 442 g/mol. The van der Waals surface area contributed by atoms with Gasteiger partial charge in [0.1, 0.15) is 5.60 Å². The third-order valence-corrected chi connectivity index (χ3v) is 5.88. The molecule has 32 heavy (non-hydrogen) atoms. The van der Waals surface area contributed by atoms with Crippen LogP contribution in [-0.4, -0.2) is 59.8 Å². The molecule has 1 unspecified atom stereocenters. The maximum Gasteiger partial charge on any atom is 0.407 e. The van der Waals surface area contributed by atoms with Gasteiger partial charge in [-0.25, -0.2) is 4.79 Å². The van der Waals surface area contributed by atoms with Gasteiger partial charge in [0.25, 0.3) is 5.91 Å². The number of carbonyl (C=O) groups excluding carboxylic acids is 2. The zero-order valence-corrected chi connectivity index (χ0v) is 19.9. The summed E-state index contributed by atoms with van der Waals surface area (Å²) in [6.45, 7) is 10.2. The van der Waals surface area contributed by atoms with Crippen molar-refractivity contribution in [2.24, 2.45) is 13.0 Å². The molecule has 0 bridgehead atoms. The number of nitrogens with zero attached hydrogens (tertiary/aromatic N) is 2. The maximum atomic E-state index is 12.6. The number of fused-ring (bicyclic) bond motifs is 1. The molecule has 2 amide bonds. The average molecular weight is 443 g/mol. The van der Waals surface area contributed by atoms with E-state index < -0.39 is 5.60 Å². The summed E-state index contributed by atoms with van der Waals surface area (Å²) in [7, 11) is 1.97. The van der Waals surface area contributed by atoms with Gasteiger partial charge in [-0.15, -0.1) is 0 Å². The Morgan fingerprint density at radius 3 is 2.69 bits per heavy atom. The number of carbonyl (C=O) groups is 2. The van der Waals surface area contributed by atoms with Crippen LogP contribution in [-0.2, 0) is 11.8 Å². The summed E-state index contributed by atoms with van der Waals surface area (Å²) in [5.74, 6) is 0.490. The molecule has 0 aliphatic carbocycles. The highest BCUT2D eigenvalue weighted by Crippen LogP contribution is 2.20. The lowest BCUT2D eigenvalue weighted by Crippen LogP contribution is -2.36. The second-order valence-corrected chi connectivity index (χ2v) is 9.83. The number of likely N-dealkylation sites (tertiary alicyclic amines) is 1. The molecule has 1 aromatic carbocycles. The SMILES string of the molecule is Cn1cc(C(=O)NCCCCCN2CCC(CNC(=O)OC(C)(C)C)C2)c2ccccc21. The van der Waals surface area contributed by atoms with Crippen LogP contribution in [0.25, 0.3) is 10.9 Å². The highest BCUT2D eigenvalue weighted by atomic mass is 16.6. The molecule has 1 saturated heterocycles. The van der Waals surface area contributed by atoms with Crippen molar-refractivity contribution in [1.82, 2.24) is 20.1 Å². The van der Waals surface area contributed by atoms with E-state index in [1.54, 1.807) is 0 Å². The lowest BCUT2D eigenvalue weighted by molar-refractivity contribution is 0.0519. The molecule has 1 atom stereocenters. The number of amides is 2. The number of hydrogen-bond donors (Lipinski definition) is 2. The van der Waals surface area contributed by atoms with Gasteiger partial charge in [-0.1, -0.05) is 24.6 Å². The van der Waals surface area contributed by atoms with Gasteiger partial charge in [0.2, 0.25) is 0 Å². The number of para-hydroxylation sites is 1. The van der Waals surface area contributed by atoms with Crippen LogP contribution in [0.4, 0.5) is 4.79 Å². The molecule has 0 spiro atoms. The number of alkyl carbamates (subject to hydrolysis) is 1. The largest absolute Gasteiger partial charge is 0.444 e. The van der Waals surface area contributed by atoms with E-state index in [-0.39, 0.29) is 12.0 Å². The Labute approximate surface area is 191 Å². The number of hydrogen-bond acceptors (Lipinski definition) is 4. The van der Waals surface area contributed by atoms with Crippen molar-refractivity contribution in [1.29, 1.82) is 0 Å². The first-order chi connectivity index (χ1) is 15.2. The molecule has 7 nitrogen and oxygen atoms in total. The van der Waals surface area contributed by atoms with Crippen molar-refractivity contribution in [3.05, 3.63) is 36.0 Å². The molecule has 3 rings (SSSR count). The standard InChI is InChI=1S/C25H38N4O3/c1-25(2,3)32-24(31)27-16-19-12-15-29(17-19)14-9-5-8-13-26-23(30)21-18-28(4)22-11-7-6-10-20(21)22/h6-7,10-11,18-19H,5,8-9,12-17H2,1-4H3,(H,26,30)(H,27,31). The average Bonchev–Trinajstić information content (AvgIpc) is 3.32. The van der Waals surface area contributed by atoms with Gasteiger partial charge in [-0.3, -0.25) is 4.79 Å². The Balaban J connectivity index is 1.27. The summed E-state index contributed by atoms with van der Waals surface area (Å²) in [5.41, 5.74) is 1.36. The normalized spacial score (nSPS) is 16.9. The molecule has 0 saturated carbocycles. The number of benzene rings is 1. The Hall–Kier alpha value is -2.54. The van der Waals surface area contributed by atoms with Crippen molar-refractivity contribution in [2.75, 3.05) is 32.7 Å². The van der Waals surface area contributed by atoms with E-state index in [0.29, 0.717) is 19.0 Å². The van der Waals surface area contributed by atoms with Crippen LogP contribution in [0.2, 0.25) is 0 Å². The number of nitrogens with one attached hydrogen (secondary N) is 2. The van der Waals surface area contributed by atoms with Crippen LogP contribution in [0, 0.1) is 5.92 Å². The fourth-order valence-electron chi connectivity index (χ4n) is 4.28. The smallest absolute Gasteiger partial charge is 0.407 e. The maximum absolute atomic E-state index is 12.6. The molecule has 2 N–H and O–H groups in total. The van der Waals surface area contributed by atoms with Gasteiger partial charge < -0.3 is 24.8 Å². The van der Waals surface area contributed by atoms with Crippen molar-refractivity contribution in [3.8, 4) is 0 Å². The van der Waals surface area contributed by atoms with Crippen LogP contribution < -0.4 is 10.6 Å². The fraction of sp³-hybridized carbons (Fsp3) is 0.600. The topological polar surface area (TPSA) is 75.6 Å². The first-order valence-electron chi connectivity index (χ1n) is 11.7. The molecule has 176 valence electrons. The Morgan fingerprint density at radius 2 is 1.91 bits per heavy atom. The Morgan fingerprint density at radius 1 is 1.12 bits per heavy atom. The van der Waals surface area contributed by atoms with Gasteiger partial charge in [0.15, 0.2) is 0 Å². The molecule has 0 radical (unpaired) electrons. The van der Waals surface area contributed by atoms with E-state index in [1.165, 1.54) is 0 Å². The third-order valence-electron chi connectivity index (χ3n) is 5.88. The Kier molecular flexibility index (Phi) is 8.18. The van der Waals surface area contributed by atoms with Crippen molar-refractivity contribution < 1.29 is 14.3 Å². The zero-order chi connectivity index (χ0) is 23.1. The number of aryl methyl sites for hydroxylation is 1. The lowest BCUT2D eigenvalue weighted by atomic mass is 10.1. The third kappa shape index (κ3) is 6.99. The van der Waals surface area contributed by atoms with Crippen molar-refractivity contribution in [2.45, 2.75) is 52.1 Å². The van der Waals surface area contributed by atoms with E-state index in [0.717, 1.165) is 61.8 Å². The molecule has 1 aromatic heterocycles. The number of aromatic nitrogens is 1. The predicted octanol–water partition coefficient (Wildman–Crippen LogP) is 3.93. The summed E-state index contributed by atoms with van der Waals surface area (Å²) < 4.78 is 7.30. The number of ether oxygens (including phenoxy) is 1. The fourth-order valence-corrected chi connectivity index (χ4v) is 4.28. The highest BCUT2D eigenvalue weighted by Gasteiger charge is 2.23. The molecule has 2 heterocycles. The van der Waals surface area contributed by atoms with Crippen LogP contribution in [0.15, 0.2) is 30.5 Å². The van der Waals surface area contributed by atoms with Crippen LogP contribution in [0.3, 0.4) is 0 Å². The summed E-state index contributed by atoms with van der Waals surface area (Å²) in [6, 6.07) is 7.99. The Bertz CT molecular complexity index is 916. The molecule has 1 aliphatic rings. The van der Waals surface area contributed by atoms with E-state index >= 15 is 0 Å². The second-order valence-electron chi connectivity index (χ2n) is 9.83. The van der Waals surface area contributed by atoms with Crippen LogP contribution in [0.1, 0.15) is 56.8 Å². The lowest BCUT2D eigenvalue weighted by Gasteiger charge is -2.21. The molecule has 7 heteroatoms. The summed E-state index contributed by atoms with van der Waals surface area (Å²) in [6.07, 6.45) is 5.87. The number of unbranched alkanes of at least 4 members (excludes halogenated alkanes) is 2. The van der Waals surface area contributed by atoms with Crippen molar-refractivity contribution in [3.63, 3.8) is 0 Å². The van der Waals surface area contributed by atoms with Crippen molar-refractivity contribution >= 4 is 22.9 Å². The predicted molar refractivity (Wildman–Crippen MR) is 128 cm³/mol. The van der Waals surface area contributed by atoms with E-state index in [9.17, 15) is 9.59 Å². The van der Waals surface area contributed by atoms with E-state index in [1.807, 2.05) is 62.8 Å². The number of rotatable bonds is 9. The molecule has 2 aromatic rings. The second kappa shape index (κ2) is 10.9. The van der Waals surface area contributed by atoms with Gasteiger partial charge in [-0.2, -0.15) is 0 Å².